The molecule has 8 nitrogen and oxygen atoms in total. The van der Waals surface area contributed by atoms with Crippen molar-refractivity contribution in [1.82, 2.24) is 0 Å². The number of aryl methyl sites for hydroxylation is 1. The van der Waals surface area contributed by atoms with E-state index in [1.807, 2.05) is 0 Å². The molecule has 2 atom stereocenters. The maximum Gasteiger partial charge on any atom is 0.339 e. The first-order valence-corrected chi connectivity index (χ1v) is 25.2. The lowest BCUT2D eigenvalue weighted by molar-refractivity contribution is 0.0682. The summed E-state index contributed by atoms with van der Waals surface area (Å²) in [6, 6.07) is 34.3. The second-order valence-corrected chi connectivity index (χ2v) is 23.8. The number of aromatic carboxylic acids is 2. The fraction of sp³-hybridized carbons (Fsp3) is 0.354. The molecule has 0 fully saturated rings. The summed E-state index contributed by atoms with van der Waals surface area (Å²) in [6.45, 7) is 27.0. The molecule has 0 spiro atoms. The Balaban J connectivity index is 0.000000214. The van der Waals surface area contributed by atoms with Crippen LogP contribution in [0.4, 0.5) is 0 Å². The van der Waals surface area contributed by atoms with E-state index in [2.05, 4.69) is 168 Å². The van der Waals surface area contributed by atoms with Crippen LogP contribution in [0.25, 0.3) is 28.3 Å². The van der Waals surface area contributed by atoms with Crippen LogP contribution in [0, 0.1) is 18.8 Å². The molecular weight excluding hydrogens is 909 g/mol. The van der Waals surface area contributed by atoms with Crippen LogP contribution in [-0.2, 0) is 27.1 Å². The van der Waals surface area contributed by atoms with Gasteiger partial charge >= 0.3 is 11.9 Å². The summed E-state index contributed by atoms with van der Waals surface area (Å²) < 4.78 is 0. The topological polar surface area (TPSA) is 156 Å². The number of aromatic hydroxyl groups is 2. The quantitative estimate of drug-likeness (QED) is 0.0824. The van der Waals surface area contributed by atoms with Crippen molar-refractivity contribution >= 4 is 18.0 Å². The van der Waals surface area contributed by atoms with Gasteiger partial charge in [0.2, 0.25) is 0 Å². The van der Waals surface area contributed by atoms with Gasteiger partial charge in [-0.05, 0) is 169 Å². The van der Waals surface area contributed by atoms with Gasteiger partial charge in [0.25, 0.3) is 0 Å². The van der Waals surface area contributed by atoms with Crippen molar-refractivity contribution in [3.63, 3.8) is 0 Å². The first kappa shape index (κ1) is 53.9. The molecule has 0 aliphatic heterocycles. The molecule has 8 rings (SSSR count). The highest BCUT2D eigenvalue weighted by molar-refractivity contribution is 5.91. The lowest BCUT2D eigenvalue weighted by atomic mass is 9.61. The van der Waals surface area contributed by atoms with Crippen molar-refractivity contribution in [3.8, 4) is 45.6 Å². The van der Waals surface area contributed by atoms with Gasteiger partial charge in [-0.25, -0.2) is 9.59 Å². The van der Waals surface area contributed by atoms with Crippen LogP contribution in [0.15, 0.2) is 115 Å². The Morgan fingerprint density at radius 2 is 1.03 bits per heavy atom. The molecular formula is C65H72O8. The Morgan fingerprint density at radius 1 is 0.575 bits per heavy atom. The highest BCUT2D eigenvalue weighted by Gasteiger charge is 2.41. The van der Waals surface area contributed by atoms with Crippen LogP contribution >= 0.6 is 0 Å². The van der Waals surface area contributed by atoms with E-state index in [1.165, 1.54) is 63.7 Å². The number of benzene rings is 6. The fourth-order valence-electron chi connectivity index (χ4n) is 10.5. The van der Waals surface area contributed by atoms with Crippen LogP contribution in [0.3, 0.4) is 0 Å². The molecule has 0 bridgehead atoms. The minimum absolute atomic E-state index is 0.0117. The molecule has 0 amide bonds. The minimum Gasteiger partial charge on any atom is -0.507 e. The summed E-state index contributed by atoms with van der Waals surface area (Å²) in [5.41, 5.74) is 14.5. The fourth-order valence-corrected chi connectivity index (χ4v) is 10.5. The molecule has 380 valence electrons. The van der Waals surface area contributed by atoms with E-state index in [-0.39, 0.29) is 49.7 Å². The number of hydrogen-bond donors (Lipinski definition) is 6. The van der Waals surface area contributed by atoms with Crippen LogP contribution in [0.1, 0.15) is 190 Å². The Hall–Kier alpha value is -6.92. The number of aliphatic hydroxyl groups excluding tert-OH is 2. The van der Waals surface area contributed by atoms with Crippen LogP contribution in [-0.4, -0.2) is 42.6 Å². The predicted octanol–water partition coefficient (Wildman–Crippen LogP) is 14.7. The molecule has 2 unspecified atom stereocenters. The zero-order valence-corrected chi connectivity index (χ0v) is 44.5. The summed E-state index contributed by atoms with van der Waals surface area (Å²) >= 11 is 0. The first-order chi connectivity index (χ1) is 34.0. The first-order valence-electron chi connectivity index (χ1n) is 25.2. The standard InChI is InChI=1S/C34H38O4.C31H34O4/c1-32(2,3)24-12-10-22(11-13-24)26-19-23(20-27-30(26)34(6,7)17-16-33(27,4)5)28(35)15-9-21-8-14-25(31(37)38)29(36)18-21;1-19-6-10-21(11-7-19)24-17-22(18-25-28(24)31(4,5)15-14-30(25,2)3)26(32)13-9-20-8-12-23(29(34)35)27(33)16-20/h8,10-14,18-20,28,35-36H,16-17H2,1-7H3,(H,37,38);6-13,16-18,26,32-33H,14-15H2,1-5H3,(H,34,35). The van der Waals surface area contributed by atoms with Crippen molar-refractivity contribution in [3.05, 3.63) is 182 Å². The maximum atomic E-state index is 11.2. The van der Waals surface area contributed by atoms with Gasteiger partial charge in [0, 0.05) is 5.56 Å². The van der Waals surface area contributed by atoms with Gasteiger partial charge in [-0.3, -0.25) is 0 Å². The van der Waals surface area contributed by atoms with Crippen LogP contribution < -0.4 is 0 Å². The molecule has 73 heavy (non-hydrogen) atoms. The molecule has 0 heterocycles. The number of aliphatic hydroxyl groups is 2. The monoisotopic (exact) mass is 981 g/mol. The number of rotatable bonds is 8. The van der Waals surface area contributed by atoms with Crippen molar-refractivity contribution in [1.29, 1.82) is 0 Å². The van der Waals surface area contributed by atoms with Gasteiger partial charge in [0.15, 0.2) is 0 Å². The molecule has 0 aromatic heterocycles. The minimum atomic E-state index is -1.20. The molecule has 6 aromatic carbocycles. The van der Waals surface area contributed by atoms with Crippen LogP contribution in [0.5, 0.6) is 11.5 Å². The summed E-state index contributed by atoms with van der Waals surface area (Å²) in [5, 5.41) is 60.6. The number of carbonyl (C=O) groups is 2. The average molecular weight is 981 g/mol. The van der Waals surface area contributed by atoms with E-state index in [4.69, 9.17) is 10.2 Å². The number of carboxylic acid groups (broad SMARTS) is 2. The Morgan fingerprint density at radius 3 is 1.51 bits per heavy atom. The Bertz CT molecular complexity index is 3170. The number of hydrogen-bond acceptors (Lipinski definition) is 6. The van der Waals surface area contributed by atoms with Crippen molar-refractivity contribution in [2.24, 2.45) is 0 Å². The van der Waals surface area contributed by atoms with Gasteiger partial charge in [0.1, 0.15) is 28.7 Å². The largest absolute Gasteiger partial charge is 0.507 e. The molecule has 0 saturated carbocycles. The van der Waals surface area contributed by atoms with E-state index in [0.29, 0.717) is 11.1 Å². The van der Waals surface area contributed by atoms with Crippen molar-refractivity contribution < 1.29 is 40.2 Å². The molecule has 2 aliphatic rings. The summed E-state index contributed by atoms with van der Waals surface area (Å²) in [4.78, 5) is 22.3. The van der Waals surface area contributed by atoms with Crippen molar-refractivity contribution in [2.75, 3.05) is 0 Å². The number of fused-ring (bicyclic) bond motifs is 2. The molecule has 6 N–H and O–H groups in total. The van der Waals surface area contributed by atoms with Gasteiger partial charge in [-0.2, -0.15) is 0 Å². The lowest BCUT2D eigenvalue weighted by Crippen LogP contribution is -2.34. The van der Waals surface area contributed by atoms with Gasteiger partial charge in [0.05, 0.1) is 6.10 Å². The Kier molecular flexibility index (Phi) is 14.9. The molecule has 8 heteroatoms. The Labute approximate surface area is 432 Å². The summed E-state index contributed by atoms with van der Waals surface area (Å²) in [7, 11) is 0. The number of phenols is 2. The zero-order valence-electron chi connectivity index (χ0n) is 44.5. The third-order valence-corrected chi connectivity index (χ3v) is 15.3. The van der Waals surface area contributed by atoms with E-state index < -0.39 is 24.1 Å². The van der Waals surface area contributed by atoms with Gasteiger partial charge < -0.3 is 30.6 Å². The third kappa shape index (κ3) is 11.7. The molecule has 6 aromatic rings. The smallest absolute Gasteiger partial charge is 0.339 e. The average Bonchev–Trinajstić information content (AvgIpc) is 3.32. The van der Waals surface area contributed by atoms with E-state index in [9.17, 15) is 30.0 Å². The molecule has 0 radical (unpaired) electrons. The highest BCUT2D eigenvalue weighted by Crippen LogP contribution is 2.52. The van der Waals surface area contributed by atoms with E-state index in [0.717, 1.165) is 59.1 Å². The van der Waals surface area contributed by atoms with Gasteiger partial charge in [-0.15, -0.1) is 0 Å². The number of carboxylic acids is 2. The normalized spacial score (nSPS) is 16.9. The summed E-state index contributed by atoms with van der Waals surface area (Å²) in [6.07, 6.45) is 5.79. The summed E-state index contributed by atoms with van der Waals surface area (Å²) in [5.74, 6) is 2.77. The van der Waals surface area contributed by atoms with Crippen molar-refractivity contribution in [2.45, 2.75) is 148 Å². The van der Waals surface area contributed by atoms with E-state index in [1.54, 1.807) is 18.2 Å². The third-order valence-electron chi connectivity index (χ3n) is 15.3. The van der Waals surface area contributed by atoms with Gasteiger partial charge in [-0.1, -0.05) is 172 Å². The predicted molar refractivity (Wildman–Crippen MR) is 294 cm³/mol. The molecule has 0 saturated heterocycles. The molecule has 2 aliphatic carbocycles. The van der Waals surface area contributed by atoms with Crippen LogP contribution in [0.2, 0.25) is 0 Å². The van der Waals surface area contributed by atoms with E-state index >= 15 is 0 Å². The SMILES string of the molecule is CC(C)(C)c1ccc(-c2cc(C(O)C#Cc3ccc(C(=O)O)c(O)c3)cc3c2C(C)(C)CCC3(C)C)cc1.Cc1ccc(-c2cc(C(O)C=Cc3ccc(C(=O)O)c(O)c3)cc3c2C(C)(C)CCC3(C)C)cc1. The second-order valence-electron chi connectivity index (χ2n) is 23.8. The maximum absolute atomic E-state index is 11.2. The zero-order chi connectivity index (χ0) is 53.6. The lowest BCUT2D eigenvalue weighted by Gasteiger charge is -2.43. The second kappa shape index (κ2) is 20.2. The highest BCUT2D eigenvalue weighted by atomic mass is 16.4.